The number of fused-ring (bicyclic) bond motifs is 5. The number of carbonyl (C=O) groups is 1. The van der Waals surface area contributed by atoms with Crippen LogP contribution in [0.25, 0.3) is 28.0 Å². The Kier molecular flexibility index (Phi) is 11.1. The van der Waals surface area contributed by atoms with Crippen molar-refractivity contribution in [2.45, 2.75) is 70.0 Å². The molecule has 2 N–H and O–H groups in total. The van der Waals surface area contributed by atoms with Gasteiger partial charge in [-0.1, -0.05) is 17.7 Å². The molecule has 1 amide bonds. The van der Waals surface area contributed by atoms with Crippen molar-refractivity contribution in [1.82, 2.24) is 44.3 Å². The van der Waals surface area contributed by atoms with Crippen LogP contribution in [0.3, 0.4) is 0 Å². The second-order valence-corrected chi connectivity index (χ2v) is 18.7. The third-order valence-electron chi connectivity index (χ3n) is 11.7. The summed E-state index contributed by atoms with van der Waals surface area (Å²) >= 11 is 6.64. The highest BCUT2D eigenvalue weighted by Crippen LogP contribution is 2.68. The molecule has 4 heterocycles. The van der Waals surface area contributed by atoms with Crippen LogP contribution in [-0.2, 0) is 33.7 Å². The van der Waals surface area contributed by atoms with Gasteiger partial charge >= 0.3 is 0 Å². The van der Waals surface area contributed by atoms with Gasteiger partial charge in [-0.3, -0.25) is 28.6 Å². The number of benzene rings is 2. The number of alkyl halides is 6. The van der Waals surface area contributed by atoms with Gasteiger partial charge in [-0.25, -0.2) is 49.7 Å². The van der Waals surface area contributed by atoms with Crippen molar-refractivity contribution in [2.24, 2.45) is 16.9 Å². The highest BCUT2D eigenvalue weighted by atomic mass is 35.5. The maximum absolute atomic E-state index is 15.6. The minimum absolute atomic E-state index is 0.0456. The lowest BCUT2D eigenvalue weighted by Gasteiger charge is -2.34. The van der Waals surface area contributed by atoms with Gasteiger partial charge in [0.05, 0.1) is 41.4 Å². The van der Waals surface area contributed by atoms with Crippen LogP contribution >= 0.6 is 11.6 Å². The van der Waals surface area contributed by atoms with Crippen LogP contribution in [0.5, 0.6) is 0 Å². The Morgan fingerprint density at radius 2 is 1.68 bits per heavy atom. The maximum atomic E-state index is 15.6. The van der Waals surface area contributed by atoms with Crippen LogP contribution in [0.2, 0.25) is 0 Å². The fraction of sp³-hybridized carbons (Fsp3) is 0.357. The number of nitrogens with one attached hydrogen (secondary N) is 2. The standard InChI is InChI=1S/C42H35ClF8N10O4S/c1-17-8-18(2)53-38(52-17)20-4-5-23-27(12-20)55-40(61(41(23)63)29-7-6-26(43)33-35(29)59(15-30(46)47)57-39(33)58-66(3,64)65)28(11-19-9-21(44)13-22(45)10-19)54-31(62)16-60-36-32(34(56-60)37(48)49)24-14-25(24)42(36,50)51/h4-10,12-13,24-25,28,30,33,35,37H,11,14-16H2,1-3H3,(H,54,62)(H,57,58)/t24-,25+,28-,33?,35?/m0/s1. The van der Waals surface area contributed by atoms with Crippen LogP contribution in [0.1, 0.15) is 64.5 Å². The summed E-state index contributed by atoms with van der Waals surface area (Å²) in [6.45, 7) is 1.30. The van der Waals surface area contributed by atoms with Crippen molar-refractivity contribution in [3.63, 3.8) is 0 Å². The molecule has 66 heavy (non-hydrogen) atoms. The molecule has 1 saturated carbocycles. The Balaban J connectivity index is 1.24. The summed E-state index contributed by atoms with van der Waals surface area (Å²) in [4.78, 5) is 43.1. The molecule has 0 bridgehead atoms. The van der Waals surface area contributed by atoms with Crippen molar-refractivity contribution in [3.05, 3.63) is 121 Å². The number of amidine groups is 1. The molecule has 14 nitrogen and oxygen atoms in total. The molecule has 24 heteroatoms. The van der Waals surface area contributed by atoms with Crippen LogP contribution < -0.4 is 15.6 Å². The zero-order valence-electron chi connectivity index (χ0n) is 34.6. The summed E-state index contributed by atoms with van der Waals surface area (Å²) in [5.41, 5.74) is -1.74. The molecule has 1 fully saturated rings. The molecule has 2 unspecified atom stereocenters. The molecule has 9 rings (SSSR count). The van der Waals surface area contributed by atoms with Gasteiger partial charge in [-0.2, -0.15) is 19.0 Å². The first-order valence-corrected chi connectivity index (χ1v) is 22.4. The van der Waals surface area contributed by atoms with Crippen LogP contribution in [0.15, 0.2) is 69.5 Å². The lowest BCUT2D eigenvalue weighted by molar-refractivity contribution is -0.123. The normalized spacial score (nSPS) is 21.1. The fourth-order valence-electron chi connectivity index (χ4n) is 9.14. The van der Waals surface area contributed by atoms with E-state index >= 15 is 13.6 Å². The largest absolute Gasteiger partial charge is 0.344 e. The molecular formula is C42H35ClF8N10O4S. The van der Waals surface area contributed by atoms with Gasteiger partial charge in [0, 0.05) is 46.0 Å². The molecule has 5 aromatic rings. The van der Waals surface area contributed by atoms with Gasteiger partial charge in [-0.05, 0) is 74.2 Å². The Bertz CT molecular complexity index is 3100. The van der Waals surface area contributed by atoms with E-state index in [4.69, 9.17) is 16.6 Å². The van der Waals surface area contributed by atoms with Crippen molar-refractivity contribution >= 4 is 50.0 Å². The van der Waals surface area contributed by atoms with Crippen LogP contribution in [0, 0.1) is 37.3 Å². The Morgan fingerprint density at radius 1 is 0.985 bits per heavy atom. The second kappa shape index (κ2) is 16.3. The number of aryl methyl sites for hydroxylation is 2. The molecule has 3 aromatic heterocycles. The van der Waals surface area contributed by atoms with Gasteiger partial charge in [0.25, 0.3) is 24.3 Å². The summed E-state index contributed by atoms with van der Waals surface area (Å²) in [6, 6.07) is 5.38. The third-order valence-corrected chi connectivity index (χ3v) is 12.6. The molecule has 5 atom stereocenters. The quantitative estimate of drug-likeness (QED) is 0.131. The summed E-state index contributed by atoms with van der Waals surface area (Å²) in [7, 11) is -4.10. The monoisotopic (exact) mass is 962 g/mol. The van der Waals surface area contributed by atoms with Crippen LogP contribution in [-0.4, -0.2) is 79.7 Å². The van der Waals surface area contributed by atoms with Gasteiger partial charge < -0.3 is 5.32 Å². The van der Waals surface area contributed by atoms with Gasteiger partial charge in [0.2, 0.25) is 15.9 Å². The van der Waals surface area contributed by atoms with E-state index in [0.29, 0.717) is 27.7 Å². The summed E-state index contributed by atoms with van der Waals surface area (Å²) in [5.74, 6) is -10.8. The first kappa shape index (κ1) is 44.9. The number of sulfonamides is 1. The Hall–Kier alpha value is -6.23. The molecule has 0 saturated heterocycles. The van der Waals surface area contributed by atoms with E-state index < -0.39 is 118 Å². The summed E-state index contributed by atoms with van der Waals surface area (Å²) in [5, 5.41) is 11.1. The minimum Gasteiger partial charge on any atom is -0.344 e. The fourth-order valence-corrected chi connectivity index (χ4v) is 9.97. The number of allylic oxidation sites excluding steroid dienone is 2. The lowest BCUT2D eigenvalue weighted by atomic mass is 9.91. The molecule has 346 valence electrons. The molecule has 0 spiro atoms. The van der Waals surface area contributed by atoms with E-state index in [9.17, 15) is 39.6 Å². The molecule has 0 radical (unpaired) electrons. The summed E-state index contributed by atoms with van der Waals surface area (Å²) in [6.07, 6.45) is -3.62. The molecule has 2 aromatic carbocycles. The van der Waals surface area contributed by atoms with Gasteiger partial charge in [-0.15, -0.1) is 0 Å². The predicted octanol–water partition coefficient (Wildman–Crippen LogP) is 6.60. The Morgan fingerprint density at radius 3 is 2.33 bits per heavy atom. The first-order valence-electron chi connectivity index (χ1n) is 20.2. The second-order valence-electron chi connectivity index (χ2n) is 16.5. The lowest BCUT2D eigenvalue weighted by Crippen LogP contribution is -2.46. The van der Waals surface area contributed by atoms with E-state index in [1.165, 1.54) is 30.4 Å². The smallest absolute Gasteiger partial charge is 0.293 e. The average molecular weight is 963 g/mol. The number of amides is 1. The zero-order valence-corrected chi connectivity index (χ0v) is 36.2. The number of hydrogen-bond donors (Lipinski definition) is 2. The number of carbonyl (C=O) groups excluding carboxylic acids is 1. The first-order chi connectivity index (χ1) is 31.1. The van der Waals surface area contributed by atoms with Gasteiger partial charge in [0.15, 0.2) is 5.82 Å². The maximum Gasteiger partial charge on any atom is 0.293 e. The molecular weight excluding hydrogens is 928 g/mol. The van der Waals surface area contributed by atoms with E-state index in [0.717, 1.165) is 28.0 Å². The predicted molar refractivity (Wildman–Crippen MR) is 223 cm³/mol. The number of aromatic nitrogens is 6. The highest BCUT2D eigenvalue weighted by molar-refractivity contribution is 7.89. The number of rotatable bonds is 12. The zero-order chi connectivity index (χ0) is 47.3. The van der Waals surface area contributed by atoms with E-state index in [-0.39, 0.29) is 50.8 Å². The highest BCUT2D eigenvalue weighted by Gasteiger charge is 2.67. The SMILES string of the molecule is Cc1cc(C)nc(-c2ccc3c(=O)n(C4=CC=C(Cl)C5C(NS(C)(=O)=O)=NN(CC(F)F)C45)c([C@H](Cc4cc(F)cc(F)c4)NC(=O)Cn4nc(C(F)F)c5c4C(F)(F)[C@@H]4C[C@H]54)nc3c2)n1. The minimum atomic E-state index is -4.10. The van der Waals surface area contributed by atoms with Crippen LogP contribution in [0.4, 0.5) is 35.1 Å². The van der Waals surface area contributed by atoms with E-state index in [1.54, 1.807) is 19.9 Å². The average Bonchev–Trinajstić information content (AvgIpc) is 3.73. The van der Waals surface area contributed by atoms with Gasteiger partial charge in [0.1, 0.15) is 47.3 Å². The number of nitrogens with zero attached hydrogens (tertiary/aromatic N) is 8. The van der Waals surface area contributed by atoms with E-state index in [2.05, 4.69) is 30.2 Å². The summed E-state index contributed by atoms with van der Waals surface area (Å²) < 4.78 is 146. The molecule has 4 aliphatic rings. The van der Waals surface area contributed by atoms with Crippen molar-refractivity contribution < 1.29 is 48.3 Å². The number of hydrogen-bond acceptors (Lipinski definition) is 10. The topological polar surface area (TPSA) is 169 Å². The van der Waals surface area contributed by atoms with Crippen molar-refractivity contribution in [2.75, 3.05) is 12.8 Å². The van der Waals surface area contributed by atoms with Crippen molar-refractivity contribution in [1.29, 1.82) is 0 Å². The third kappa shape index (κ3) is 8.19. The number of halogens is 9. The molecule has 1 aliphatic heterocycles. The van der Waals surface area contributed by atoms with E-state index in [1.807, 2.05) is 0 Å². The number of hydrazone groups is 1. The Labute approximate surface area is 374 Å². The molecule has 3 aliphatic carbocycles. The van der Waals surface area contributed by atoms with Crippen molar-refractivity contribution in [3.8, 4) is 11.4 Å².